The molecule has 168 valence electrons. The van der Waals surface area contributed by atoms with Crippen molar-refractivity contribution in [3.63, 3.8) is 0 Å². The van der Waals surface area contributed by atoms with Crippen molar-refractivity contribution in [1.82, 2.24) is 4.90 Å². The molecule has 1 fully saturated rings. The Morgan fingerprint density at radius 2 is 1.68 bits per heavy atom. The SMILES string of the molecule is Cc1ccc2c(c1)C1(CCN(Cc3ccc(C#N)cc3)CC1)CN2C(=O)c1cccc(C#N)c1. The molecule has 0 aromatic heterocycles. The molecule has 1 saturated heterocycles. The minimum absolute atomic E-state index is 0.0425. The van der Waals surface area contributed by atoms with Crippen molar-refractivity contribution in [1.29, 1.82) is 10.5 Å². The Hall–Kier alpha value is -3.93. The van der Waals surface area contributed by atoms with Gasteiger partial charge in [0.2, 0.25) is 0 Å². The van der Waals surface area contributed by atoms with Crippen molar-refractivity contribution in [3.05, 3.63) is 100 Å². The second-order valence-corrected chi connectivity index (χ2v) is 9.47. The summed E-state index contributed by atoms with van der Waals surface area (Å²) in [6, 6.07) is 25.5. The third-order valence-electron chi connectivity index (χ3n) is 7.26. The average Bonchev–Trinajstić information content (AvgIpc) is 3.18. The van der Waals surface area contributed by atoms with Crippen LogP contribution >= 0.6 is 0 Å². The molecule has 0 N–H and O–H groups in total. The van der Waals surface area contributed by atoms with E-state index >= 15 is 0 Å². The summed E-state index contributed by atoms with van der Waals surface area (Å²) >= 11 is 0. The first-order chi connectivity index (χ1) is 16.5. The fourth-order valence-corrected chi connectivity index (χ4v) is 5.35. The van der Waals surface area contributed by atoms with E-state index in [2.05, 4.69) is 42.2 Å². The number of hydrogen-bond donors (Lipinski definition) is 0. The van der Waals surface area contributed by atoms with E-state index in [-0.39, 0.29) is 11.3 Å². The maximum absolute atomic E-state index is 13.5. The average molecular weight is 447 g/mol. The van der Waals surface area contributed by atoms with E-state index < -0.39 is 0 Å². The van der Waals surface area contributed by atoms with Crippen LogP contribution in [0.4, 0.5) is 5.69 Å². The number of carbonyl (C=O) groups is 1. The van der Waals surface area contributed by atoms with Crippen LogP contribution in [0.5, 0.6) is 0 Å². The number of benzene rings is 3. The standard InChI is InChI=1S/C29H26N4O/c1-21-5-10-27-26(15-21)29(20-33(27)28(34)25-4-2-3-24(16-25)18-31)11-13-32(14-12-29)19-23-8-6-22(17-30)7-9-23/h2-10,15-16H,11-14,19-20H2,1H3. The van der Waals surface area contributed by atoms with Gasteiger partial charge in [0.05, 0.1) is 23.3 Å². The van der Waals surface area contributed by atoms with E-state index in [0.717, 1.165) is 38.2 Å². The Bertz CT molecular complexity index is 1320. The van der Waals surface area contributed by atoms with Crippen molar-refractivity contribution in [3.8, 4) is 12.1 Å². The fourth-order valence-electron chi connectivity index (χ4n) is 5.35. The molecule has 2 aliphatic heterocycles. The van der Waals surface area contributed by atoms with Crippen molar-refractivity contribution < 1.29 is 4.79 Å². The number of amides is 1. The summed E-state index contributed by atoms with van der Waals surface area (Å²) < 4.78 is 0. The fraction of sp³-hybridized carbons (Fsp3) is 0.276. The smallest absolute Gasteiger partial charge is 0.258 e. The van der Waals surface area contributed by atoms with Gasteiger partial charge in [-0.3, -0.25) is 9.69 Å². The molecule has 3 aromatic carbocycles. The second kappa shape index (κ2) is 8.78. The first-order valence-corrected chi connectivity index (χ1v) is 11.7. The van der Waals surface area contributed by atoms with Gasteiger partial charge < -0.3 is 4.90 Å². The number of fused-ring (bicyclic) bond motifs is 2. The monoisotopic (exact) mass is 446 g/mol. The quantitative estimate of drug-likeness (QED) is 0.572. The first kappa shape index (κ1) is 21.9. The number of anilines is 1. The van der Waals surface area contributed by atoms with Crippen LogP contribution in [0.2, 0.25) is 0 Å². The number of hydrogen-bond acceptors (Lipinski definition) is 4. The summed E-state index contributed by atoms with van der Waals surface area (Å²) in [5.41, 5.74) is 6.38. The van der Waals surface area contributed by atoms with Gasteiger partial charge in [-0.1, -0.05) is 35.9 Å². The van der Waals surface area contributed by atoms with E-state index in [0.29, 0.717) is 23.2 Å². The molecule has 0 atom stereocenters. The minimum atomic E-state index is -0.0506. The third-order valence-corrected chi connectivity index (χ3v) is 7.26. The highest BCUT2D eigenvalue weighted by Crippen LogP contribution is 2.48. The number of aryl methyl sites for hydroxylation is 1. The van der Waals surface area contributed by atoms with Gasteiger partial charge in [-0.15, -0.1) is 0 Å². The van der Waals surface area contributed by atoms with E-state index in [9.17, 15) is 10.1 Å². The van der Waals surface area contributed by atoms with Crippen LogP contribution in [-0.4, -0.2) is 30.4 Å². The van der Waals surface area contributed by atoms with E-state index in [1.165, 1.54) is 16.7 Å². The molecular weight excluding hydrogens is 420 g/mol. The van der Waals surface area contributed by atoms with Crippen LogP contribution < -0.4 is 4.90 Å². The zero-order chi connectivity index (χ0) is 23.7. The number of rotatable bonds is 3. The van der Waals surface area contributed by atoms with Crippen molar-refractivity contribution >= 4 is 11.6 Å². The lowest BCUT2D eigenvalue weighted by Crippen LogP contribution is -2.45. The van der Waals surface area contributed by atoms with Gasteiger partial charge in [0.1, 0.15) is 0 Å². The molecule has 1 spiro atoms. The Morgan fingerprint density at radius 1 is 0.941 bits per heavy atom. The molecule has 0 saturated carbocycles. The normalized spacial score (nSPS) is 16.6. The van der Waals surface area contributed by atoms with Gasteiger partial charge in [0, 0.05) is 29.8 Å². The molecule has 5 heteroatoms. The lowest BCUT2D eigenvalue weighted by atomic mass is 9.74. The number of nitriles is 2. The maximum atomic E-state index is 13.5. The van der Waals surface area contributed by atoms with Crippen molar-refractivity contribution in [2.45, 2.75) is 31.7 Å². The molecule has 0 bridgehead atoms. The molecule has 0 unspecified atom stereocenters. The molecule has 5 rings (SSSR count). The van der Waals surface area contributed by atoms with Gasteiger partial charge in [0.25, 0.3) is 5.91 Å². The first-order valence-electron chi connectivity index (χ1n) is 11.7. The van der Waals surface area contributed by atoms with Crippen LogP contribution in [0.3, 0.4) is 0 Å². The molecule has 2 heterocycles. The minimum Gasteiger partial charge on any atom is -0.307 e. The highest BCUT2D eigenvalue weighted by Gasteiger charge is 2.46. The molecule has 34 heavy (non-hydrogen) atoms. The topological polar surface area (TPSA) is 71.1 Å². The highest BCUT2D eigenvalue weighted by molar-refractivity contribution is 6.08. The molecule has 3 aromatic rings. The molecule has 0 aliphatic carbocycles. The summed E-state index contributed by atoms with van der Waals surface area (Å²) in [5, 5.41) is 18.3. The van der Waals surface area contributed by atoms with Crippen LogP contribution in [0.1, 0.15) is 51.0 Å². The number of carbonyl (C=O) groups excluding carboxylic acids is 1. The summed E-state index contributed by atoms with van der Waals surface area (Å²) in [4.78, 5) is 17.9. The lowest BCUT2D eigenvalue weighted by molar-refractivity contribution is 0.0975. The number of nitrogens with zero attached hydrogens (tertiary/aromatic N) is 4. The van der Waals surface area contributed by atoms with Crippen molar-refractivity contribution in [2.24, 2.45) is 0 Å². The largest absolute Gasteiger partial charge is 0.307 e. The third kappa shape index (κ3) is 3.96. The van der Waals surface area contributed by atoms with Crippen molar-refractivity contribution in [2.75, 3.05) is 24.5 Å². The van der Waals surface area contributed by atoms with Crippen LogP contribution in [-0.2, 0) is 12.0 Å². The van der Waals surface area contributed by atoms with E-state index in [1.54, 1.807) is 24.3 Å². The van der Waals surface area contributed by atoms with Gasteiger partial charge in [-0.25, -0.2) is 0 Å². The molecular formula is C29H26N4O. The predicted molar refractivity (Wildman–Crippen MR) is 131 cm³/mol. The molecule has 2 aliphatic rings. The molecule has 0 radical (unpaired) electrons. The van der Waals surface area contributed by atoms with E-state index in [4.69, 9.17) is 5.26 Å². The van der Waals surface area contributed by atoms with Gasteiger partial charge in [-0.2, -0.15) is 10.5 Å². The number of likely N-dealkylation sites (tertiary alicyclic amines) is 1. The van der Waals surface area contributed by atoms with Gasteiger partial charge in [0.15, 0.2) is 0 Å². The van der Waals surface area contributed by atoms with Crippen LogP contribution in [0, 0.1) is 29.6 Å². The summed E-state index contributed by atoms with van der Waals surface area (Å²) in [5.74, 6) is -0.0425. The maximum Gasteiger partial charge on any atom is 0.258 e. The van der Waals surface area contributed by atoms with E-state index in [1.807, 2.05) is 29.2 Å². The predicted octanol–water partition coefficient (Wildman–Crippen LogP) is 4.93. The van der Waals surface area contributed by atoms with Gasteiger partial charge in [-0.05, 0) is 80.4 Å². The highest BCUT2D eigenvalue weighted by atomic mass is 16.2. The molecule has 1 amide bonds. The summed E-state index contributed by atoms with van der Waals surface area (Å²) in [7, 11) is 0. The van der Waals surface area contributed by atoms with Crippen LogP contribution in [0.15, 0.2) is 66.7 Å². The van der Waals surface area contributed by atoms with Crippen LogP contribution in [0.25, 0.3) is 0 Å². The Kier molecular flexibility index (Phi) is 5.65. The zero-order valence-electron chi connectivity index (χ0n) is 19.3. The Balaban J connectivity index is 1.37. The zero-order valence-corrected chi connectivity index (χ0v) is 19.3. The second-order valence-electron chi connectivity index (χ2n) is 9.47. The summed E-state index contributed by atoms with van der Waals surface area (Å²) in [6.45, 7) is 5.56. The lowest BCUT2D eigenvalue weighted by Gasteiger charge is -2.40. The number of piperidine rings is 1. The summed E-state index contributed by atoms with van der Waals surface area (Å²) in [6.07, 6.45) is 1.98. The Morgan fingerprint density at radius 3 is 2.38 bits per heavy atom. The molecule has 5 nitrogen and oxygen atoms in total. The van der Waals surface area contributed by atoms with Gasteiger partial charge >= 0.3 is 0 Å². The Labute approximate surface area is 200 Å².